The van der Waals surface area contributed by atoms with Crippen LogP contribution in [0.3, 0.4) is 0 Å². The molecule has 2 aromatic rings. The third-order valence-corrected chi connectivity index (χ3v) is 3.54. The number of nitrogens with one attached hydrogen (secondary N) is 1. The highest BCUT2D eigenvalue weighted by Gasteiger charge is 2.24. The molecule has 0 unspecified atom stereocenters. The van der Waals surface area contributed by atoms with Crippen LogP contribution in [0.4, 0.5) is 11.5 Å². The van der Waals surface area contributed by atoms with Crippen molar-refractivity contribution in [2.45, 2.75) is 6.42 Å². The molecule has 8 nitrogen and oxygen atoms in total. The minimum atomic E-state index is -1.11. The molecule has 0 aliphatic carbocycles. The number of anilines is 2. The van der Waals surface area contributed by atoms with Crippen LogP contribution in [-0.4, -0.2) is 46.6 Å². The van der Waals surface area contributed by atoms with Crippen molar-refractivity contribution in [2.75, 3.05) is 29.9 Å². The van der Waals surface area contributed by atoms with E-state index >= 15 is 0 Å². The molecule has 1 aromatic carbocycles. The van der Waals surface area contributed by atoms with Gasteiger partial charge in [-0.2, -0.15) is 0 Å². The highest BCUT2D eigenvalue weighted by Crippen LogP contribution is 2.31. The van der Waals surface area contributed by atoms with E-state index in [2.05, 4.69) is 15.3 Å². The highest BCUT2D eigenvalue weighted by molar-refractivity contribution is 5.97. The van der Waals surface area contributed by atoms with E-state index in [1.807, 2.05) is 24.3 Å². The van der Waals surface area contributed by atoms with Gasteiger partial charge in [0.25, 0.3) is 5.91 Å². The Bertz CT molecular complexity index is 748. The van der Waals surface area contributed by atoms with E-state index in [4.69, 9.17) is 9.84 Å². The van der Waals surface area contributed by atoms with Gasteiger partial charge in [-0.3, -0.25) is 4.79 Å². The van der Waals surface area contributed by atoms with Crippen molar-refractivity contribution >= 4 is 23.4 Å². The third-order valence-electron chi connectivity index (χ3n) is 3.54. The molecule has 124 valence electrons. The number of carboxylic acid groups (broad SMARTS) is 1. The molecule has 24 heavy (non-hydrogen) atoms. The number of carbonyl (C=O) groups excluding carboxylic acids is 1. The summed E-state index contributed by atoms with van der Waals surface area (Å²) in [5, 5.41) is 11.8. The summed E-state index contributed by atoms with van der Waals surface area (Å²) >= 11 is 0. The van der Waals surface area contributed by atoms with Crippen LogP contribution in [0.15, 0.2) is 36.7 Å². The van der Waals surface area contributed by atoms with Crippen LogP contribution in [0, 0.1) is 0 Å². The SMILES string of the molecule is O=C(O)c1cnc(NCCCN2C(=O)COc3ccccc32)cn1. The van der Waals surface area contributed by atoms with Crippen LogP contribution in [0.25, 0.3) is 0 Å². The van der Waals surface area contributed by atoms with Gasteiger partial charge >= 0.3 is 5.97 Å². The van der Waals surface area contributed by atoms with Crippen LogP contribution in [0.5, 0.6) is 5.75 Å². The normalized spacial score (nSPS) is 13.2. The van der Waals surface area contributed by atoms with E-state index in [9.17, 15) is 9.59 Å². The van der Waals surface area contributed by atoms with E-state index < -0.39 is 5.97 Å². The Hall–Kier alpha value is -3.16. The molecule has 1 aromatic heterocycles. The number of para-hydroxylation sites is 2. The van der Waals surface area contributed by atoms with Gasteiger partial charge in [0.2, 0.25) is 0 Å². The number of ether oxygens (including phenoxy) is 1. The van der Waals surface area contributed by atoms with E-state index in [1.54, 1.807) is 4.90 Å². The van der Waals surface area contributed by atoms with E-state index in [-0.39, 0.29) is 18.2 Å². The number of hydrogen-bond acceptors (Lipinski definition) is 6. The Kier molecular flexibility index (Phi) is 4.55. The standard InChI is InChI=1S/C16H16N4O4/c21-15-10-24-13-5-2-1-4-12(13)20(15)7-3-6-17-14-9-18-11(8-19-14)16(22)23/h1-2,4-5,8-9H,3,6-7,10H2,(H,17,19)(H,22,23). The van der Waals surface area contributed by atoms with Crippen molar-refractivity contribution in [1.29, 1.82) is 0 Å². The Morgan fingerprint density at radius 2 is 2.12 bits per heavy atom. The first-order valence-electron chi connectivity index (χ1n) is 7.46. The van der Waals surface area contributed by atoms with Gasteiger partial charge in [0.1, 0.15) is 11.6 Å². The second-order valence-electron chi connectivity index (χ2n) is 5.17. The number of fused-ring (bicyclic) bond motifs is 1. The van der Waals surface area contributed by atoms with Gasteiger partial charge in [-0.1, -0.05) is 12.1 Å². The molecular formula is C16H16N4O4. The summed E-state index contributed by atoms with van der Waals surface area (Å²) in [4.78, 5) is 32.2. The average Bonchev–Trinajstić information content (AvgIpc) is 2.60. The second-order valence-corrected chi connectivity index (χ2v) is 5.17. The Balaban J connectivity index is 1.53. The average molecular weight is 328 g/mol. The van der Waals surface area contributed by atoms with Gasteiger partial charge in [0.15, 0.2) is 12.3 Å². The zero-order valence-electron chi connectivity index (χ0n) is 12.8. The van der Waals surface area contributed by atoms with Crippen LogP contribution in [-0.2, 0) is 4.79 Å². The largest absolute Gasteiger partial charge is 0.482 e. The van der Waals surface area contributed by atoms with Crippen molar-refractivity contribution in [1.82, 2.24) is 9.97 Å². The number of nitrogens with zero attached hydrogens (tertiary/aromatic N) is 3. The number of carboxylic acids is 1. The van der Waals surface area contributed by atoms with Crippen molar-refractivity contribution in [3.8, 4) is 5.75 Å². The van der Waals surface area contributed by atoms with Gasteiger partial charge in [-0.05, 0) is 18.6 Å². The maximum absolute atomic E-state index is 12.0. The summed E-state index contributed by atoms with van der Waals surface area (Å²) in [6, 6.07) is 7.43. The maximum atomic E-state index is 12.0. The molecule has 0 bridgehead atoms. The molecule has 2 N–H and O–H groups in total. The van der Waals surface area contributed by atoms with Crippen LogP contribution in [0.2, 0.25) is 0 Å². The van der Waals surface area contributed by atoms with Crippen molar-refractivity contribution in [3.63, 3.8) is 0 Å². The molecule has 8 heteroatoms. The summed E-state index contributed by atoms with van der Waals surface area (Å²) in [6.45, 7) is 1.17. The fourth-order valence-corrected chi connectivity index (χ4v) is 2.38. The molecule has 0 fully saturated rings. The number of amides is 1. The molecule has 1 aliphatic heterocycles. The molecule has 0 saturated carbocycles. The number of carbonyl (C=O) groups is 2. The topological polar surface area (TPSA) is 105 Å². The second kappa shape index (κ2) is 6.95. The van der Waals surface area contributed by atoms with Crippen LogP contribution in [0.1, 0.15) is 16.9 Å². The molecule has 1 aliphatic rings. The first kappa shape index (κ1) is 15.7. The zero-order chi connectivity index (χ0) is 16.9. The van der Waals surface area contributed by atoms with Crippen molar-refractivity contribution in [2.24, 2.45) is 0 Å². The number of benzene rings is 1. The van der Waals surface area contributed by atoms with E-state index in [0.29, 0.717) is 31.1 Å². The molecule has 2 heterocycles. The molecule has 0 atom stereocenters. The lowest BCUT2D eigenvalue weighted by Crippen LogP contribution is -2.39. The van der Waals surface area contributed by atoms with Gasteiger partial charge in [0, 0.05) is 13.1 Å². The Labute approximate surface area is 138 Å². The molecule has 3 rings (SSSR count). The lowest BCUT2D eigenvalue weighted by atomic mass is 10.2. The van der Waals surface area contributed by atoms with Gasteiger partial charge in [-0.25, -0.2) is 14.8 Å². The third kappa shape index (κ3) is 3.43. The van der Waals surface area contributed by atoms with Gasteiger partial charge in [-0.15, -0.1) is 0 Å². The van der Waals surface area contributed by atoms with E-state index in [0.717, 1.165) is 5.69 Å². The fourth-order valence-electron chi connectivity index (χ4n) is 2.38. The fraction of sp³-hybridized carbons (Fsp3) is 0.250. The minimum absolute atomic E-state index is 0.0482. The van der Waals surface area contributed by atoms with Crippen LogP contribution >= 0.6 is 0 Å². The summed E-state index contributed by atoms with van der Waals surface area (Å²) in [7, 11) is 0. The highest BCUT2D eigenvalue weighted by atomic mass is 16.5. The minimum Gasteiger partial charge on any atom is -0.482 e. The first-order valence-corrected chi connectivity index (χ1v) is 7.46. The molecule has 0 spiro atoms. The van der Waals surface area contributed by atoms with Gasteiger partial charge < -0.3 is 20.1 Å². The summed E-state index contributed by atoms with van der Waals surface area (Å²) in [6.07, 6.45) is 3.27. The Morgan fingerprint density at radius 3 is 2.88 bits per heavy atom. The van der Waals surface area contributed by atoms with Crippen LogP contribution < -0.4 is 15.0 Å². The molecule has 1 amide bonds. The predicted octanol–water partition coefficient (Wildman–Crippen LogP) is 1.40. The summed E-state index contributed by atoms with van der Waals surface area (Å²) in [5.41, 5.74) is 0.676. The molecule has 0 saturated heterocycles. The Morgan fingerprint density at radius 1 is 1.29 bits per heavy atom. The lowest BCUT2D eigenvalue weighted by molar-refractivity contribution is -0.121. The summed E-state index contributed by atoms with van der Waals surface area (Å²) < 4.78 is 5.40. The molecular weight excluding hydrogens is 312 g/mol. The van der Waals surface area contributed by atoms with Crippen molar-refractivity contribution in [3.05, 3.63) is 42.4 Å². The maximum Gasteiger partial charge on any atom is 0.356 e. The number of aromatic carboxylic acids is 1. The number of aromatic nitrogens is 2. The first-order chi connectivity index (χ1) is 11.6. The predicted molar refractivity (Wildman–Crippen MR) is 86.4 cm³/mol. The molecule has 0 radical (unpaired) electrons. The number of hydrogen-bond donors (Lipinski definition) is 2. The quantitative estimate of drug-likeness (QED) is 0.772. The number of rotatable bonds is 6. The summed E-state index contributed by atoms with van der Waals surface area (Å²) in [5.74, 6) is 0.0201. The monoisotopic (exact) mass is 328 g/mol. The van der Waals surface area contributed by atoms with E-state index in [1.165, 1.54) is 12.4 Å². The van der Waals surface area contributed by atoms with Crippen molar-refractivity contribution < 1.29 is 19.4 Å². The zero-order valence-corrected chi connectivity index (χ0v) is 12.8. The van der Waals surface area contributed by atoms with Gasteiger partial charge in [0.05, 0.1) is 18.1 Å². The smallest absolute Gasteiger partial charge is 0.356 e. The lowest BCUT2D eigenvalue weighted by Gasteiger charge is -2.29.